The molecule has 2 aromatic heterocycles. The third-order valence-electron chi connectivity index (χ3n) is 18.6. The first kappa shape index (κ1) is 95.3. The molecule has 3 heterocycles. The minimum absolute atomic E-state index is 0.0168. The van der Waals surface area contributed by atoms with Gasteiger partial charge in [0.25, 0.3) is 5.91 Å². The summed E-state index contributed by atoms with van der Waals surface area (Å²) in [7, 11) is 0. The van der Waals surface area contributed by atoms with Crippen LogP contribution in [0, 0.1) is 16.7 Å². The monoisotopic (exact) mass is 1680 g/mol. The number of aromatic nitrogens is 3. The average molecular weight is 1680 g/mol. The van der Waals surface area contributed by atoms with E-state index in [-0.39, 0.29) is 114 Å². The maximum Gasteiger partial charge on any atom is 0.303 e. The van der Waals surface area contributed by atoms with Gasteiger partial charge in [0, 0.05) is 105 Å². The Kier molecular flexibility index (Phi) is 40.2. The van der Waals surface area contributed by atoms with Gasteiger partial charge < -0.3 is 112 Å². The normalized spacial score (nSPS) is 15.5. The van der Waals surface area contributed by atoms with E-state index in [1.807, 2.05) is 0 Å². The van der Waals surface area contributed by atoms with Crippen LogP contribution in [0.2, 0.25) is 0 Å². The predicted octanol–water partition coefficient (Wildman–Crippen LogP) is -3.77. The molecule has 25 N–H and O–H groups in total. The molecule has 43 heteroatoms. The molecule has 5 rings (SSSR count). The number of rotatable bonds is 50. The molecule has 1 aliphatic heterocycles. The summed E-state index contributed by atoms with van der Waals surface area (Å²) in [5, 5.41) is 62.1. The van der Waals surface area contributed by atoms with Gasteiger partial charge in [0.1, 0.15) is 72.5 Å². The largest absolute Gasteiger partial charge is 0.481 e. The van der Waals surface area contributed by atoms with Crippen LogP contribution in [0.5, 0.6) is 0 Å². The smallest absolute Gasteiger partial charge is 0.303 e. The van der Waals surface area contributed by atoms with Crippen LogP contribution < -0.4 is 91.6 Å². The number of amides is 14. The Morgan fingerprint density at radius 1 is 0.534 bits per heavy atom. The number of alkyl halides is 1. The van der Waals surface area contributed by atoms with Gasteiger partial charge >= 0.3 is 5.97 Å². The molecule has 636 valence electrons. The van der Waals surface area contributed by atoms with E-state index in [0.29, 0.717) is 34.9 Å². The zero-order chi connectivity index (χ0) is 85.7. The number of benzene rings is 2. The molecule has 13 atom stereocenters. The number of aromatic amines is 2. The number of unbranched alkanes of at least 4 members (excludes halogenated alkanes) is 1. The van der Waals surface area contributed by atoms with Crippen LogP contribution in [0.1, 0.15) is 115 Å². The molecule has 0 saturated carbocycles. The number of likely N-dealkylation sites (tertiary alicyclic amines) is 1. The van der Waals surface area contributed by atoms with E-state index < -0.39 is 198 Å². The number of imidazole rings is 1. The fourth-order valence-electron chi connectivity index (χ4n) is 12.4. The van der Waals surface area contributed by atoms with Gasteiger partial charge in [-0.25, -0.2) is 9.37 Å². The molecule has 1 fully saturated rings. The number of fused-ring (bicyclic) bond motifs is 1. The van der Waals surface area contributed by atoms with Crippen LogP contribution in [0.4, 0.5) is 4.39 Å². The predicted molar refractivity (Wildman–Crippen MR) is 434 cm³/mol. The van der Waals surface area contributed by atoms with Gasteiger partial charge in [-0.2, -0.15) is 37.9 Å². The molecule has 116 heavy (non-hydrogen) atoms. The maximum atomic E-state index is 15.2. The van der Waals surface area contributed by atoms with Crippen molar-refractivity contribution in [2.24, 2.45) is 23.1 Å². The minimum Gasteiger partial charge on any atom is -0.481 e. The molecule has 1 aliphatic rings. The molecule has 14 amide bonds. The molecule has 39 nitrogen and oxygen atoms in total. The number of carbonyl (C=O) groups is 15. The third-order valence-corrected chi connectivity index (χ3v) is 19.7. The number of guanidine groups is 2. The first-order valence-corrected chi connectivity index (χ1v) is 39.6. The van der Waals surface area contributed by atoms with E-state index in [0.717, 1.165) is 13.8 Å². The number of carbonyl (C=O) groups excluding carboxylic acids is 14. The lowest BCUT2D eigenvalue weighted by atomic mass is 10.0. The Labute approximate surface area is 685 Å². The Balaban J connectivity index is 1.43. The number of carboxylic acids is 1. The van der Waals surface area contributed by atoms with Crippen molar-refractivity contribution in [1.29, 1.82) is 10.8 Å². The van der Waals surface area contributed by atoms with Gasteiger partial charge in [0.2, 0.25) is 76.8 Å². The van der Waals surface area contributed by atoms with Crippen molar-refractivity contribution in [3.63, 3.8) is 0 Å². The minimum atomic E-state index is -1.77. The van der Waals surface area contributed by atoms with Crippen molar-refractivity contribution in [2.75, 3.05) is 43.4 Å². The maximum absolute atomic E-state index is 15.2. The van der Waals surface area contributed by atoms with Crippen molar-refractivity contribution in [3.8, 4) is 0 Å². The first-order valence-electron chi connectivity index (χ1n) is 37.7. The lowest BCUT2D eigenvalue weighted by molar-refractivity contribution is -0.142. The number of halogens is 1. The summed E-state index contributed by atoms with van der Waals surface area (Å²) in [5.74, 6) is -16.2. The number of nitrogens with zero attached hydrogens (tertiary/aromatic N) is 2. The number of H-pyrrole nitrogens is 2. The second kappa shape index (κ2) is 48.9. The van der Waals surface area contributed by atoms with E-state index in [1.54, 1.807) is 74.6 Å². The molecule has 0 bridgehead atoms. The number of nitrogens with one attached hydrogen (secondary N) is 18. The van der Waals surface area contributed by atoms with Gasteiger partial charge in [-0.15, -0.1) is 0 Å². The standard InChI is InChI=1S/C73H108FN23O16S3/c1-38(2)58(59(75)101)96-70(112)56-22-14-28-97(56)71(113)49(21-13-27-83-73(78)79)89-68(110)54(35-115)94-65(107)51(30-42-32-84-45-18-9-8-17-44(42)45)91-62(104)47(20-12-26-82-72(76)77)87-64(106)50(29-41-15-6-5-7-16-41)90-66(108)52(31-43-33-80-37-85-43)92-63(105)48(23-24-57(99)100)88-67(109)53(34-114)95-69(111)55(36-116)93-61(103)46(86-40(4)98)19-10-11-25-81-60(102)39(3)74/h5-9,15-18,32-33,37-39,46-56,58,84,114-116H,10-14,19-31,34-36H2,1-4H3,(H2,75,101)(H,80,85)(H,81,102)(H,86,98)(H,87,106)(H,88,109)(H,89,110)(H,90,108)(H,91,104)(H,92,105)(H,93,103)(H,94,107)(H,95,111)(H,96,112)(H,99,100)(H4,76,77,82)(H4,78,79,83)/t39?,46-,47-,48-,49-,50+,51-,52-,53-,54-,55-,56-,58-/m0/s1/i74-1. The summed E-state index contributed by atoms with van der Waals surface area (Å²) in [5.41, 5.74) is 18.6. The van der Waals surface area contributed by atoms with Gasteiger partial charge in [-0.05, 0) is 94.2 Å². The highest BCUT2D eigenvalue weighted by Gasteiger charge is 2.41. The summed E-state index contributed by atoms with van der Waals surface area (Å²) in [6.07, 6.45) is 1.27. The highest BCUT2D eigenvalue weighted by Crippen LogP contribution is 2.23. The summed E-state index contributed by atoms with van der Waals surface area (Å²) < 4.78 is 13.3. The second-order valence-electron chi connectivity index (χ2n) is 28.0. The number of aliphatic carboxylic acids is 1. The molecule has 0 spiro atoms. The molecule has 1 saturated heterocycles. The lowest BCUT2D eigenvalue weighted by Crippen LogP contribution is -2.61. The van der Waals surface area contributed by atoms with Crippen molar-refractivity contribution >= 4 is 149 Å². The molecular weight excluding hydrogens is 1570 g/mol. The zero-order valence-corrected chi connectivity index (χ0v) is 67.5. The summed E-state index contributed by atoms with van der Waals surface area (Å²) >= 11 is 12.9. The van der Waals surface area contributed by atoms with Crippen LogP contribution in [-0.4, -0.2) is 248 Å². The topological polar surface area (TPSA) is 618 Å². The molecule has 1 unspecified atom stereocenters. The van der Waals surface area contributed by atoms with Gasteiger partial charge in [-0.1, -0.05) is 62.4 Å². The van der Waals surface area contributed by atoms with E-state index in [4.69, 9.17) is 28.0 Å². The number of para-hydroxylation sites is 1. The summed E-state index contributed by atoms with van der Waals surface area (Å²) in [6, 6.07) is -2.13. The van der Waals surface area contributed by atoms with Crippen LogP contribution in [0.25, 0.3) is 10.9 Å². The fourth-order valence-corrected chi connectivity index (χ4v) is 13.2. The Morgan fingerprint density at radius 2 is 0.983 bits per heavy atom. The van der Waals surface area contributed by atoms with Crippen molar-refractivity contribution in [1.82, 2.24) is 94.3 Å². The van der Waals surface area contributed by atoms with Crippen LogP contribution in [-0.2, 0) is 91.2 Å². The quantitative estimate of drug-likeness (QED) is 0.00873. The summed E-state index contributed by atoms with van der Waals surface area (Å²) in [4.78, 5) is 219. The van der Waals surface area contributed by atoms with E-state index in [9.17, 15) is 62.2 Å². The highest BCUT2D eigenvalue weighted by atomic mass is 32.1. The number of thiol groups is 3. The van der Waals surface area contributed by atoms with E-state index >= 15 is 19.2 Å². The fraction of sp³-hybridized carbons (Fsp3) is 0.534. The Hall–Kier alpha value is -11.2. The van der Waals surface area contributed by atoms with Crippen LogP contribution in [0.3, 0.4) is 0 Å². The van der Waals surface area contributed by atoms with Crippen molar-refractivity contribution < 1.29 is 81.4 Å². The first-order chi connectivity index (χ1) is 55.1. The molecule has 4 aromatic rings. The average Bonchev–Trinajstić information content (AvgIpc) is 1.65. The van der Waals surface area contributed by atoms with Gasteiger partial charge in [0.15, 0.2) is 18.1 Å². The number of carboxylic acid groups (broad SMARTS) is 1. The third kappa shape index (κ3) is 31.9. The molecular formula is C73H108FN23O16S3. The Morgan fingerprint density at radius 3 is 1.47 bits per heavy atom. The van der Waals surface area contributed by atoms with E-state index in [1.165, 1.54) is 17.4 Å². The zero-order valence-electron chi connectivity index (χ0n) is 64.8. The highest BCUT2D eigenvalue weighted by molar-refractivity contribution is 7.80. The Bertz CT molecular complexity index is 4050. The van der Waals surface area contributed by atoms with Crippen molar-refractivity contribution in [3.05, 3.63) is 90.1 Å². The van der Waals surface area contributed by atoms with Crippen molar-refractivity contribution in [2.45, 2.75) is 196 Å². The lowest BCUT2D eigenvalue weighted by Gasteiger charge is -2.31. The molecule has 2 aromatic carbocycles. The molecule has 0 aliphatic carbocycles. The second-order valence-corrected chi connectivity index (χ2v) is 29.1. The van der Waals surface area contributed by atoms with Crippen LogP contribution in [0.15, 0.2) is 73.3 Å². The molecule has 0 radical (unpaired) electrons. The number of hydrogen-bond donors (Lipinski definition) is 25. The van der Waals surface area contributed by atoms with Gasteiger partial charge in [-0.3, -0.25) is 82.7 Å². The van der Waals surface area contributed by atoms with Crippen LogP contribution >= 0.6 is 37.9 Å². The summed E-state index contributed by atoms with van der Waals surface area (Å²) in [6.45, 7) is 5.84. The number of nitrogens with two attached hydrogens (primary N) is 3. The number of hydrogen-bond acceptors (Lipinski definition) is 21. The van der Waals surface area contributed by atoms with E-state index in [2.05, 4.69) is 127 Å². The number of primary amides is 1. The SMILES string of the molecule is CC(=O)N[C@@H](CCCCNC(=O)C(C)[18F])C(=O)N[C@@H](CS)C(=O)N[C@@H](CS)C(=O)N[C@@H](CCC(=O)O)C(=O)N[C@@H](Cc1cnc[nH]1)C(=O)N[C@H](Cc1ccccc1)C(=O)N[C@@H](CCCNC(=N)N)C(=O)N[C@@H](Cc1c[nH]c2ccccc12)C(=O)N[C@@H](CS)C(=O)N[C@@H](CCCNC(=N)N)C(=O)N1CCC[C@H]1C(=O)N[C@H](C(N)=O)C(C)C. The van der Waals surface area contributed by atoms with Gasteiger partial charge in [0.05, 0.1) is 6.33 Å².